The Morgan fingerprint density at radius 2 is 2.10 bits per heavy atom. The molecule has 3 unspecified atom stereocenters. The van der Waals surface area contributed by atoms with Crippen molar-refractivity contribution in [1.29, 1.82) is 0 Å². The van der Waals surface area contributed by atoms with Crippen molar-refractivity contribution in [3.8, 4) is 0 Å². The number of nitrogens with two attached hydrogens (primary N) is 1. The maximum atomic E-state index is 12.4. The molecule has 1 fully saturated rings. The molecule has 3 atom stereocenters. The molecule has 0 saturated heterocycles. The number of rotatable bonds is 4. The topological polar surface area (TPSA) is 97.1 Å². The molecule has 1 saturated carbocycles. The lowest BCUT2D eigenvalue weighted by atomic mass is 9.80. The molecule has 1 aliphatic rings. The zero-order chi connectivity index (χ0) is 14.8. The Bertz CT molecular complexity index is 561. The average Bonchev–Trinajstić information content (AvgIpc) is 2.42. The summed E-state index contributed by atoms with van der Waals surface area (Å²) in [7, 11) is -3.53. The fourth-order valence-corrected chi connectivity index (χ4v) is 4.16. The van der Waals surface area contributed by atoms with Gasteiger partial charge in [-0.2, -0.15) is 0 Å². The first-order valence-corrected chi connectivity index (χ1v) is 8.35. The molecule has 7 heteroatoms. The molecule has 6 nitrogen and oxygen atoms in total. The molecular formula is C13H22N4O2S. The van der Waals surface area contributed by atoms with Gasteiger partial charge in [0.2, 0.25) is 10.0 Å². The summed E-state index contributed by atoms with van der Waals surface area (Å²) in [6, 6.07) is 2.90. The molecule has 0 radical (unpaired) electrons. The Kier molecular flexibility index (Phi) is 4.62. The van der Waals surface area contributed by atoms with Crippen molar-refractivity contribution >= 4 is 15.8 Å². The third kappa shape index (κ3) is 3.47. The highest BCUT2D eigenvalue weighted by Crippen LogP contribution is 2.29. The van der Waals surface area contributed by atoms with Crippen LogP contribution in [0.3, 0.4) is 0 Å². The van der Waals surface area contributed by atoms with Crippen LogP contribution in [0, 0.1) is 11.8 Å². The normalized spacial score (nSPS) is 27.2. The van der Waals surface area contributed by atoms with Gasteiger partial charge < -0.3 is 5.43 Å². The summed E-state index contributed by atoms with van der Waals surface area (Å²) in [5.41, 5.74) is 2.35. The molecule has 1 aliphatic carbocycles. The summed E-state index contributed by atoms with van der Waals surface area (Å²) in [6.07, 6.45) is 4.42. The lowest BCUT2D eigenvalue weighted by molar-refractivity contribution is 0.249. The minimum absolute atomic E-state index is 0.00125. The van der Waals surface area contributed by atoms with E-state index in [0.29, 0.717) is 17.7 Å². The van der Waals surface area contributed by atoms with E-state index >= 15 is 0 Å². The van der Waals surface area contributed by atoms with E-state index in [1.54, 1.807) is 0 Å². The van der Waals surface area contributed by atoms with Gasteiger partial charge in [-0.15, -0.1) is 0 Å². The van der Waals surface area contributed by atoms with E-state index in [9.17, 15) is 8.42 Å². The van der Waals surface area contributed by atoms with E-state index < -0.39 is 10.0 Å². The van der Waals surface area contributed by atoms with Crippen LogP contribution in [0.25, 0.3) is 0 Å². The van der Waals surface area contributed by atoms with E-state index in [-0.39, 0.29) is 10.9 Å². The maximum Gasteiger partial charge on any atom is 0.241 e. The van der Waals surface area contributed by atoms with Crippen LogP contribution in [-0.2, 0) is 10.0 Å². The molecule has 20 heavy (non-hydrogen) atoms. The second kappa shape index (κ2) is 6.07. The number of pyridine rings is 1. The molecule has 2 rings (SSSR count). The summed E-state index contributed by atoms with van der Waals surface area (Å²) < 4.78 is 27.6. The second-order valence-electron chi connectivity index (χ2n) is 5.64. The zero-order valence-corrected chi connectivity index (χ0v) is 12.7. The van der Waals surface area contributed by atoms with Gasteiger partial charge >= 0.3 is 0 Å². The van der Waals surface area contributed by atoms with Gasteiger partial charge in [0.1, 0.15) is 5.82 Å². The second-order valence-corrected chi connectivity index (χ2v) is 7.36. The molecule has 0 bridgehead atoms. The minimum Gasteiger partial charge on any atom is -0.308 e. The molecule has 0 amide bonds. The van der Waals surface area contributed by atoms with Crippen LogP contribution >= 0.6 is 0 Å². The van der Waals surface area contributed by atoms with Crippen molar-refractivity contribution in [3.05, 3.63) is 18.3 Å². The number of hydrazine groups is 1. The molecular weight excluding hydrogens is 276 g/mol. The highest BCUT2D eigenvalue weighted by atomic mass is 32.2. The molecule has 4 N–H and O–H groups in total. The van der Waals surface area contributed by atoms with Crippen LogP contribution < -0.4 is 16.0 Å². The Labute approximate surface area is 120 Å². The summed E-state index contributed by atoms with van der Waals surface area (Å²) in [6.45, 7) is 4.31. The number of hydrogen-bond acceptors (Lipinski definition) is 5. The number of nitrogens with one attached hydrogen (secondary N) is 2. The number of nitrogen functional groups attached to an aromatic ring is 1. The van der Waals surface area contributed by atoms with E-state index in [4.69, 9.17) is 5.84 Å². The Morgan fingerprint density at radius 3 is 2.75 bits per heavy atom. The Hall–Kier alpha value is -1.18. The molecule has 112 valence electrons. The highest BCUT2D eigenvalue weighted by Gasteiger charge is 2.29. The lowest BCUT2D eigenvalue weighted by Crippen LogP contribution is -2.42. The highest BCUT2D eigenvalue weighted by molar-refractivity contribution is 7.89. The van der Waals surface area contributed by atoms with E-state index in [2.05, 4.69) is 29.0 Å². The van der Waals surface area contributed by atoms with Crippen molar-refractivity contribution in [2.75, 3.05) is 5.43 Å². The molecule has 0 aliphatic heterocycles. The van der Waals surface area contributed by atoms with Crippen LogP contribution in [0.4, 0.5) is 5.82 Å². The molecule has 1 heterocycles. The first-order chi connectivity index (χ1) is 9.42. The van der Waals surface area contributed by atoms with E-state index in [1.807, 2.05) is 0 Å². The predicted octanol–water partition coefficient (Wildman–Crippen LogP) is 1.47. The van der Waals surface area contributed by atoms with E-state index in [1.165, 1.54) is 18.3 Å². The van der Waals surface area contributed by atoms with Crippen molar-refractivity contribution in [1.82, 2.24) is 9.71 Å². The van der Waals surface area contributed by atoms with Crippen molar-refractivity contribution in [3.63, 3.8) is 0 Å². The number of anilines is 1. The fourth-order valence-electron chi connectivity index (χ4n) is 2.77. The summed E-state index contributed by atoms with van der Waals surface area (Å²) in [5, 5.41) is 0. The largest absolute Gasteiger partial charge is 0.308 e. The van der Waals surface area contributed by atoms with Gasteiger partial charge in [-0.3, -0.25) is 0 Å². The average molecular weight is 298 g/mol. The predicted molar refractivity (Wildman–Crippen MR) is 78.3 cm³/mol. The summed E-state index contributed by atoms with van der Waals surface area (Å²) in [4.78, 5) is 4.10. The molecule has 0 aromatic carbocycles. The SMILES string of the molecule is CC1CCC(NS(=O)(=O)c2ccnc(NN)c2)C(C)C1. The standard InChI is InChI=1S/C13H22N4O2S/c1-9-3-4-12(10(2)7-9)17-20(18,19)11-5-6-15-13(8-11)16-14/h5-6,8-10,12,17H,3-4,7,14H2,1-2H3,(H,15,16). The summed E-state index contributed by atoms with van der Waals surface area (Å²) >= 11 is 0. The smallest absolute Gasteiger partial charge is 0.241 e. The number of nitrogens with zero attached hydrogens (tertiary/aromatic N) is 1. The fraction of sp³-hybridized carbons (Fsp3) is 0.615. The zero-order valence-electron chi connectivity index (χ0n) is 11.8. The van der Waals surface area contributed by atoms with Crippen molar-refractivity contribution < 1.29 is 8.42 Å². The van der Waals surface area contributed by atoms with Gasteiger partial charge in [-0.05, 0) is 37.2 Å². The Balaban J connectivity index is 2.14. The number of sulfonamides is 1. The third-order valence-corrected chi connectivity index (χ3v) is 5.42. The van der Waals surface area contributed by atoms with Gasteiger partial charge in [-0.25, -0.2) is 24.0 Å². The van der Waals surface area contributed by atoms with Gasteiger partial charge in [0.25, 0.3) is 0 Å². The molecule has 1 aromatic heterocycles. The van der Waals surface area contributed by atoms with Gasteiger partial charge in [0.15, 0.2) is 0 Å². The monoisotopic (exact) mass is 298 g/mol. The van der Waals surface area contributed by atoms with Gasteiger partial charge in [-0.1, -0.05) is 13.8 Å². The Morgan fingerprint density at radius 1 is 1.35 bits per heavy atom. The van der Waals surface area contributed by atoms with Crippen LogP contribution in [0.5, 0.6) is 0 Å². The molecule has 0 spiro atoms. The quantitative estimate of drug-likeness (QED) is 0.578. The van der Waals surface area contributed by atoms with Crippen LogP contribution in [-0.4, -0.2) is 19.4 Å². The number of hydrogen-bond donors (Lipinski definition) is 3. The lowest BCUT2D eigenvalue weighted by Gasteiger charge is -2.32. The van der Waals surface area contributed by atoms with Crippen LogP contribution in [0.2, 0.25) is 0 Å². The van der Waals surface area contributed by atoms with Crippen LogP contribution in [0.15, 0.2) is 23.2 Å². The third-order valence-electron chi connectivity index (χ3n) is 3.93. The van der Waals surface area contributed by atoms with E-state index in [0.717, 1.165) is 19.3 Å². The van der Waals surface area contributed by atoms with Gasteiger partial charge in [0.05, 0.1) is 4.90 Å². The molecule has 1 aromatic rings. The minimum atomic E-state index is -3.53. The first-order valence-electron chi connectivity index (χ1n) is 6.87. The van der Waals surface area contributed by atoms with Crippen LogP contribution in [0.1, 0.15) is 33.1 Å². The number of aromatic nitrogens is 1. The van der Waals surface area contributed by atoms with Gasteiger partial charge in [0, 0.05) is 18.3 Å². The maximum absolute atomic E-state index is 12.4. The van der Waals surface area contributed by atoms with Crippen molar-refractivity contribution in [2.45, 2.75) is 44.0 Å². The summed E-state index contributed by atoms with van der Waals surface area (Å²) in [5.74, 6) is 6.60. The first kappa shape index (κ1) is 15.2. The van der Waals surface area contributed by atoms with Crippen molar-refractivity contribution in [2.24, 2.45) is 17.7 Å².